The molecule has 2 N–H and O–H groups in total. The molecule has 0 radical (unpaired) electrons. The second-order valence-electron chi connectivity index (χ2n) is 10.1. The summed E-state index contributed by atoms with van der Waals surface area (Å²) in [5.74, 6) is -0.169. The number of hydrogen-bond donors (Lipinski definition) is 2. The van der Waals surface area contributed by atoms with E-state index in [1.807, 2.05) is 24.3 Å². The van der Waals surface area contributed by atoms with Crippen LogP contribution < -0.4 is 20.1 Å². The zero-order valence-electron chi connectivity index (χ0n) is 22.4. The topological polar surface area (TPSA) is 119 Å². The second kappa shape index (κ2) is 11.0. The molecule has 206 valence electrons. The lowest BCUT2D eigenvalue weighted by Gasteiger charge is -2.37. The predicted octanol–water partition coefficient (Wildman–Crippen LogP) is 3.28. The van der Waals surface area contributed by atoms with Crippen molar-refractivity contribution in [3.8, 4) is 11.5 Å². The number of methoxy groups -OCH3 is 2. The van der Waals surface area contributed by atoms with Gasteiger partial charge in [0.15, 0.2) is 11.3 Å². The summed E-state index contributed by atoms with van der Waals surface area (Å²) in [4.78, 5) is 41.5. The Morgan fingerprint density at radius 1 is 1.15 bits per heavy atom. The zero-order chi connectivity index (χ0) is 27.6. The first-order valence-electron chi connectivity index (χ1n) is 13.1. The van der Waals surface area contributed by atoms with Crippen LogP contribution in [0.1, 0.15) is 52.7 Å². The molecule has 0 unspecified atom stereocenters. The number of carbonyl (C=O) groups is 3. The molecule has 1 saturated carbocycles. The van der Waals surface area contributed by atoms with Gasteiger partial charge < -0.3 is 34.2 Å². The van der Waals surface area contributed by atoms with Crippen molar-refractivity contribution in [2.75, 3.05) is 34.0 Å². The maximum Gasteiger partial charge on any atom is 0.294 e. The van der Waals surface area contributed by atoms with Crippen LogP contribution in [-0.2, 0) is 16.1 Å². The third-order valence-corrected chi connectivity index (χ3v) is 7.52. The average molecular weight is 536 g/mol. The van der Waals surface area contributed by atoms with Crippen molar-refractivity contribution in [3.05, 3.63) is 59.4 Å². The lowest BCUT2D eigenvalue weighted by atomic mass is 9.93. The normalized spacial score (nSPS) is 19.1. The summed E-state index contributed by atoms with van der Waals surface area (Å²) in [7, 11) is 3.10. The SMILES string of the molecule is COCCN1C(=O)c2oc3cc(C(=O)NC4CCC4)ccc3c2OC[C@]1(C)C(=O)NCc1ccccc1OC. The second-order valence-corrected chi connectivity index (χ2v) is 10.1. The molecule has 10 nitrogen and oxygen atoms in total. The van der Waals surface area contributed by atoms with E-state index in [2.05, 4.69) is 10.6 Å². The molecule has 5 rings (SSSR count). The fraction of sp³-hybridized carbons (Fsp3) is 0.414. The molecule has 0 bridgehead atoms. The van der Waals surface area contributed by atoms with Crippen LogP contribution in [0.5, 0.6) is 11.5 Å². The maximum absolute atomic E-state index is 13.8. The Morgan fingerprint density at radius 3 is 2.67 bits per heavy atom. The molecule has 10 heteroatoms. The standard InChI is InChI=1S/C29H33N3O7/c1-29(28(35)30-16-19-7-4-5-10-22(19)37-3)17-38-24-21-12-11-18(26(33)31-20-8-6-9-20)15-23(21)39-25(24)27(34)32(29)13-14-36-2/h4-5,7,10-12,15,20H,6,8-9,13-14,16-17H2,1-3H3,(H,30,35)(H,31,33)/t29-/m1/s1. The molecule has 2 aliphatic rings. The molecule has 0 saturated heterocycles. The van der Waals surface area contributed by atoms with Gasteiger partial charge in [-0.1, -0.05) is 18.2 Å². The summed E-state index contributed by atoms with van der Waals surface area (Å²) < 4.78 is 22.7. The van der Waals surface area contributed by atoms with Gasteiger partial charge in [0.1, 0.15) is 17.9 Å². The Morgan fingerprint density at radius 2 is 1.95 bits per heavy atom. The minimum absolute atomic E-state index is 0.0149. The van der Waals surface area contributed by atoms with E-state index in [0.717, 1.165) is 24.8 Å². The molecule has 2 aromatic carbocycles. The highest BCUT2D eigenvalue weighted by Gasteiger charge is 2.47. The van der Waals surface area contributed by atoms with Crippen molar-refractivity contribution < 1.29 is 33.0 Å². The minimum atomic E-state index is -1.35. The number of hydrogen-bond acceptors (Lipinski definition) is 7. The Kier molecular flexibility index (Phi) is 7.47. The molecule has 1 atom stereocenters. The summed E-state index contributed by atoms with van der Waals surface area (Å²) >= 11 is 0. The number of benzene rings is 2. The molecule has 0 spiro atoms. The minimum Gasteiger partial charge on any atom is -0.496 e. The molecule has 2 heterocycles. The molecule has 3 amide bonds. The summed E-state index contributed by atoms with van der Waals surface area (Å²) in [6.45, 7) is 2.12. The Balaban J connectivity index is 1.41. The van der Waals surface area contributed by atoms with Crippen LogP contribution in [0.15, 0.2) is 46.9 Å². The van der Waals surface area contributed by atoms with Gasteiger partial charge in [-0.05, 0) is 50.5 Å². The number of para-hydroxylation sites is 1. The molecule has 39 heavy (non-hydrogen) atoms. The highest BCUT2D eigenvalue weighted by atomic mass is 16.5. The van der Waals surface area contributed by atoms with E-state index in [1.165, 1.54) is 12.0 Å². The first-order valence-corrected chi connectivity index (χ1v) is 13.1. The fourth-order valence-electron chi connectivity index (χ4n) is 4.89. The van der Waals surface area contributed by atoms with Gasteiger partial charge in [0.2, 0.25) is 11.7 Å². The average Bonchev–Trinajstić information content (AvgIpc) is 3.25. The number of nitrogens with zero attached hydrogens (tertiary/aromatic N) is 1. The van der Waals surface area contributed by atoms with E-state index in [1.54, 1.807) is 32.2 Å². The van der Waals surface area contributed by atoms with Crippen LogP contribution in [0.3, 0.4) is 0 Å². The molecule has 1 aliphatic carbocycles. The molecule has 1 fully saturated rings. The number of nitrogens with one attached hydrogen (secondary N) is 2. The van der Waals surface area contributed by atoms with Gasteiger partial charge in [-0.15, -0.1) is 0 Å². The first kappa shape index (κ1) is 26.6. The van der Waals surface area contributed by atoms with E-state index in [-0.39, 0.29) is 55.7 Å². The highest BCUT2D eigenvalue weighted by Crippen LogP contribution is 2.39. The van der Waals surface area contributed by atoms with Crippen LogP contribution in [0.2, 0.25) is 0 Å². The van der Waals surface area contributed by atoms with Crippen molar-refractivity contribution in [1.82, 2.24) is 15.5 Å². The van der Waals surface area contributed by atoms with Gasteiger partial charge in [-0.2, -0.15) is 0 Å². The van der Waals surface area contributed by atoms with Gasteiger partial charge in [-0.25, -0.2) is 0 Å². The lowest BCUT2D eigenvalue weighted by Crippen LogP contribution is -2.61. The van der Waals surface area contributed by atoms with Gasteiger partial charge in [0.25, 0.3) is 11.8 Å². The quantitative estimate of drug-likeness (QED) is 0.432. The van der Waals surface area contributed by atoms with Crippen LogP contribution in [0, 0.1) is 0 Å². The molecular formula is C29H33N3O7. The van der Waals surface area contributed by atoms with Crippen molar-refractivity contribution in [1.29, 1.82) is 0 Å². The Labute approximate surface area is 226 Å². The van der Waals surface area contributed by atoms with E-state index in [4.69, 9.17) is 18.6 Å². The van der Waals surface area contributed by atoms with Gasteiger partial charge >= 0.3 is 0 Å². The number of carbonyl (C=O) groups excluding carboxylic acids is 3. The molecular weight excluding hydrogens is 502 g/mol. The Bertz CT molecular complexity index is 1400. The van der Waals surface area contributed by atoms with Crippen molar-refractivity contribution in [3.63, 3.8) is 0 Å². The molecule has 3 aromatic rings. The van der Waals surface area contributed by atoms with Crippen LogP contribution >= 0.6 is 0 Å². The van der Waals surface area contributed by atoms with Crippen LogP contribution in [0.4, 0.5) is 0 Å². The smallest absolute Gasteiger partial charge is 0.294 e. The van der Waals surface area contributed by atoms with Crippen LogP contribution in [0.25, 0.3) is 11.0 Å². The van der Waals surface area contributed by atoms with Crippen molar-refractivity contribution >= 4 is 28.7 Å². The van der Waals surface area contributed by atoms with Crippen molar-refractivity contribution in [2.45, 2.75) is 44.3 Å². The maximum atomic E-state index is 13.8. The summed E-state index contributed by atoms with van der Waals surface area (Å²) in [5, 5.41) is 6.50. The van der Waals surface area contributed by atoms with E-state index >= 15 is 0 Å². The summed E-state index contributed by atoms with van der Waals surface area (Å²) in [6.07, 6.45) is 3.08. The van der Waals surface area contributed by atoms with Crippen molar-refractivity contribution in [2.24, 2.45) is 0 Å². The molecule has 1 aromatic heterocycles. The van der Waals surface area contributed by atoms with Gasteiger partial charge in [-0.3, -0.25) is 14.4 Å². The van der Waals surface area contributed by atoms with Gasteiger partial charge in [0.05, 0.1) is 19.1 Å². The van der Waals surface area contributed by atoms with Crippen LogP contribution in [-0.4, -0.2) is 68.2 Å². The monoisotopic (exact) mass is 535 g/mol. The number of fused-ring (bicyclic) bond motifs is 3. The molecule has 1 aliphatic heterocycles. The van der Waals surface area contributed by atoms with E-state index < -0.39 is 11.4 Å². The predicted molar refractivity (Wildman–Crippen MR) is 143 cm³/mol. The van der Waals surface area contributed by atoms with E-state index in [0.29, 0.717) is 22.3 Å². The lowest BCUT2D eigenvalue weighted by molar-refractivity contribution is -0.133. The fourth-order valence-corrected chi connectivity index (χ4v) is 4.89. The summed E-state index contributed by atoms with van der Waals surface area (Å²) in [6, 6.07) is 12.6. The van der Waals surface area contributed by atoms with Gasteiger partial charge in [0, 0.05) is 37.4 Å². The number of amides is 3. The van der Waals surface area contributed by atoms with E-state index in [9.17, 15) is 14.4 Å². The third kappa shape index (κ3) is 5.04. The number of ether oxygens (including phenoxy) is 3. The summed E-state index contributed by atoms with van der Waals surface area (Å²) in [5.41, 5.74) is 0.262. The third-order valence-electron chi connectivity index (χ3n) is 7.52. The number of furan rings is 1. The Hall–Kier alpha value is -4.05. The number of rotatable bonds is 9. The highest BCUT2D eigenvalue weighted by molar-refractivity contribution is 6.06. The zero-order valence-corrected chi connectivity index (χ0v) is 22.4. The first-order chi connectivity index (χ1) is 18.9. The largest absolute Gasteiger partial charge is 0.496 e.